The van der Waals surface area contributed by atoms with Crippen molar-refractivity contribution in [3.8, 4) is 0 Å². The highest BCUT2D eigenvalue weighted by Gasteiger charge is 2.23. The number of rotatable bonds is 2. The van der Waals surface area contributed by atoms with E-state index in [-0.39, 0.29) is 5.91 Å². The number of piperazine rings is 1. The highest BCUT2D eigenvalue weighted by atomic mass is 79.9. The first kappa shape index (κ1) is 16.3. The Labute approximate surface area is 149 Å². The van der Waals surface area contributed by atoms with Crippen molar-refractivity contribution in [3.05, 3.63) is 57.3 Å². The average Bonchev–Trinajstić information content (AvgIpc) is 2.56. The number of benzene rings is 1. The Morgan fingerprint density at radius 1 is 1.17 bits per heavy atom. The molecule has 120 valence electrons. The van der Waals surface area contributed by atoms with Crippen LogP contribution >= 0.6 is 27.5 Å². The first-order valence-corrected chi connectivity index (χ1v) is 8.62. The van der Waals surface area contributed by atoms with Crippen LogP contribution in [0.15, 0.2) is 41.1 Å². The van der Waals surface area contributed by atoms with Gasteiger partial charge in [0, 0.05) is 53.8 Å². The lowest BCUT2D eigenvalue weighted by Gasteiger charge is -2.37. The number of aromatic nitrogens is 1. The van der Waals surface area contributed by atoms with Gasteiger partial charge in [-0.05, 0) is 46.6 Å². The van der Waals surface area contributed by atoms with Crippen LogP contribution in [0.1, 0.15) is 15.9 Å². The molecule has 1 fully saturated rings. The molecule has 0 unspecified atom stereocenters. The molecule has 0 atom stereocenters. The first-order chi connectivity index (χ1) is 11.0. The second-order valence-electron chi connectivity index (χ2n) is 5.60. The molecular weight excluding hydrogens is 378 g/mol. The largest absolute Gasteiger partial charge is 0.368 e. The van der Waals surface area contributed by atoms with Gasteiger partial charge < -0.3 is 9.80 Å². The number of hydrogen-bond acceptors (Lipinski definition) is 3. The highest BCUT2D eigenvalue weighted by molar-refractivity contribution is 9.10. The van der Waals surface area contributed by atoms with Gasteiger partial charge in [0.05, 0.1) is 5.56 Å². The third kappa shape index (κ3) is 3.67. The number of amides is 1. The lowest BCUT2D eigenvalue weighted by Crippen LogP contribution is -2.49. The van der Waals surface area contributed by atoms with Crippen molar-refractivity contribution < 1.29 is 4.79 Å². The fourth-order valence-electron chi connectivity index (χ4n) is 2.79. The Balaban J connectivity index is 1.69. The van der Waals surface area contributed by atoms with E-state index in [0.717, 1.165) is 28.3 Å². The Hall–Kier alpha value is -1.59. The number of pyridine rings is 1. The summed E-state index contributed by atoms with van der Waals surface area (Å²) in [6, 6.07) is 7.73. The molecule has 23 heavy (non-hydrogen) atoms. The number of halogens is 2. The van der Waals surface area contributed by atoms with Gasteiger partial charge in [-0.3, -0.25) is 9.78 Å². The van der Waals surface area contributed by atoms with Crippen LogP contribution in [-0.4, -0.2) is 42.0 Å². The summed E-state index contributed by atoms with van der Waals surface area (Å²) < 4.78 is 0.816. The maximum absolute atomic E-state index is 12.5. The minimum Gasteiger partial charge on any atom is -0.368 e. The summed E-state index contributed by atoms with van der Waals surface area (Å²) in [5.41, 5.74) is 2.96. The van der Waals surface area contributed by atoms with E-state index < -0.39 is 0 Å². The van der Waals surface area contributed by atoms with Crippen LogP contribution in [0.3, 0.4) is 0 Å². The molecule has 1 saturated heterocycles. The molecule has 0 radical (unpaired) electrons. The molecule has 4 nitrogen and oxygen atoms in total. The smallest absolute Gasteiger partial charge is 0.255 e. The number of carbonyl (C=O) groups is 1. The summed E-state index contributed by atoms with van der Waals surface area (Å²) in [6.45, 7) is 5.06. The van der Waals surface area contributed by atoms with E-state index in [9.17, 15) is 4.79 Å². The molecule has 1 aromatic carbocycles. The minimum atomic E-state index is 0.0290. The second-order valence-corrected chi connectivity index (χ2v) is 6.95. The maximum Gasteiger partial charge on any atom is 0.255 e. The quantitative estimate of drug-likeness (QED) is 0.778. The Morgan fingerprint density at radius 2 is 1.91 bits per heavy atom. The van der Waals surface area contributed by atoms with Crippen molar-refractivity contribution in [1.29, 1.82) is 0 Å². The van der Waals surface area contributed by atoms with Crippen LogP contribution in [0.5, 0.6) is 0 Å². The van der Waals surface area contributed by atoms with Gasteiger partial charge in [-0.1, -0.05) is 17.7 Å². The third-order valence-electron chi connectivity index (χ3n) is 4.03. The Morgan fingerprint density at radius 3 is 2.61 bits per heavy atom. The zero-order chi connectivity index (χ0) is 16.4. The number of nitrogens with zero attached hydrogens (tertiary/aromatic N) is 3. The molecule has 0 bridgehead atoms. The SMILES string of the molecule is Cc1ccc(Cl)cc1N1CCN(C(=O)c2cncc(Br)c2)CC1. The fraction of sp³-hybridized carbons (Fsp3) is 0.294. The monoisotopic (exact) mass is 393 g/mol. The summed E-state index contributed by atoms with van der Waals surface area (Å²) in [6.07, 6.45) is 3.29. The van der Waals surface area contributed by atoms with Crippen molar-refractivity contribution in [2.24, 2.45) is 0 Å². The fourth-order valence-corrected chi connectivity index (χ4v) is 3.32. The van der Waals surface area contributed by atoms with E-state index >= 15 is 0 Å². The van der Waals surface area contributed by atoms with Crippen LogP contribution < -0.4 is 4.90 Å². The van der Waals surface area contributed by atoms with Crippen LogP contribution in [-0.2, 0) is 0 Å². The van der Waals surface area contributed by atoms with Crippen molar-refractivity contribution >= 4 is 39.1 Å². The Bertz CT molecular complexity index is 730. The molecule has 1 aromatic heterocycles. The van der Waals surface area contributed by atoms with E-state index in [2.05, 4.69) is 32.7 Å². The van der Waals surface area contributed by atoms with Gasteiger partial charge in [-0.15, -0.1) is 0 Å². The van der Waals surface area contributed by atoms with Crippen LogP contribution in [0, 0.1) is 6.92 Å². The molecule has 3 rings (SSSR count). The molecule has 6 heteroatoms. The van der Waals surface area contributed by atoms with Gasteiger partial charge in [-0.2, -0.15) is 0 Å². The van der Waals surface area contributed by atoms with E-state index in [1.165, 1.54) is 5.56 Å². The first-order valence-electron chi connectivity index (χ1n) is 7.45. The molecule has 0 saturated carbocycles. The zero-order valence-corrected chi connectivity index (χ0v) is 15.1. The standard InChI is InChI=1S/C17H17BrClN3O/c1-12-2-3-15(19)9-16(12)21-4-6-22(7-5-21)17(23)13-8-14(18)11-20-10-13/h2-3,8-11H,4-7H2,1H3. The summed E-state index contributed by atoms with van der Waals surface area (Å²) >= 11 is 9.46. The summed E-state index contributed by atoms with van der Waals surface area (Å²) in [7, 11) is 0. The van der Waals surface area contributed by atoms with E-state index in [1.807, 2.05) is 29.2 Å². The number of aryl methyl sites for hydroxylation is 1. The predicted octanol–water partition coefficient (Wildman–Crippen LogP) is 3.77. The summed E-state index contributed by atoms with van der Waals surface area (Å²) in [4.78, 5) is 20.8. The van der Waals surface area contributed by atoms with Gasteiger partial charge >= 0.3 is 0 Å². The molecule has 0 N–H and O–H groups in total. The Kier molecular flexibility index (Phi) is 4.87. The minimum absolute atomic E-state index is 0.0290. The van der Waals surface area contributed by atoms with Crippen LogP contribution in [0.25, 0.3) is 0 Å². The summed E-state index contributed by atoms with van der Waals surface area (Å²) in [5, 5.41) is 0.740. The van der Waals surface area contributed by atoms with E-state index in [4.69, 9.17) is 11.6 Å². The highest BCUT2D eigenvalue weighted by Crippen LogP contribution is 2.25. The third-order valence-corrected chi connectivity index (χ3v) is 4.70. The van der Waals surface area contributed by atoms with Gasteiger partial charge in [0.2, 0.25) is 0 Å². The molecule has 0 spiro atoms. The van der Waals surface area contributed by atoms with Gasteiger partial charge in [0.25, 0.3) is 5.91 Å². The summed E-state index contributed by atoms with van der Waals surface area (Å²) in [5.74, 6) is 0.0290. The molecule has 1 aliphatic heterocycles. The van der Waals surface area contributed by atoms with Crippen molar-refractivity contribution in [3.63, 3.8) is 0 Å². The lowest BCUT2D eigenvalue weighted by molar-refractivity contribution is 0.0746. The van der Waals surface area contributed by atoms with Crippen molar-refractivity contribution in [1.82, 2.24) is 9.88 Å². The van der Waals surface area contributed by atoms with E-state index in [1.54, 1.807) is 12.4 Å². The van der Waals surface area contributed by atoms with Gasteiger partial charge in [0.15, 0.2) is 0 Å². The number of hydrogen-bond donors (Lipinski definition) is 0. The topological polar surface area (TPSA) is 36.4 Å². The van der Waals surface area contributed by atoms with Gasteiger partial charge in [-0.25, -0.2) is 0 Å². The molecular formula is C17H17BrClN3O. The zero-order valence-electron chi connectivity index (χ0n) is 12.8. The molecule has 2 heterocycles. The second kappa shape index (κ2) is 6.89. The average molecular weight is 395 g/mol. The number of anilines is 1. The number of carbonyl (C=O) groups excluding carboxylic acids is 1. The van der Waals surface area contributed by atoms with Crippen LogP contribution in [0.4, 0.5) is 5.69 Å². The normalized spacial score (nSPS) is 14.9. The maximum atomic E-state index is 12.5. The molecule has 1 aliphatic rings. The van der Waals surface area contributed by atoms with Crippen molar-refractivity contribution in [2.75, 3.05) is 31.1 Å². The molecule has 2 aromatic rings. The molecule has 1 amide bonds. The predicted molar refractivity (Wildman–Crippen MR) is 96.2 cm³/mol. The van der Waals surface area contributed by atoms with Crippen LogP contribution in [0.2, 0.25) is 5.02 Å². The molecule has 0 aliphatic carbocycles. The van der Waals surface area contributed by atoms with E-state index in [0.29, 0.717) is 18.7 Å². The lowest BCUT2D eigenvalue weighted by atomic mass is 10.1. The van der Waals surface area contributed by atoms with Crippen molar-refractivity contribution in [2.45, 2.75) is 6.92 Å². The van der Waals surface area contributed by atoms with Gasteiger partial charge in [0.1, 0.15) is 0 Å².